The number of rotatable bonds is 5. The first-order chi connectivity index (χ1) is 10.8. The van der Waals surface area contributed by atoms with E-state index >= 15 is 0 Å². The van der Waals surface area contributed by atoms with E-state index in [4.69, 9.17) is 9.52 Å². The lowest BCUT2D eigenvalue weighted by atomic mass is 9.94. The molecular weight excluding hydrogens is 296 g/mol. The minimum absolute atomic E-state index is 0.105. The molecule has 0 bridgehead atoms. The van der Waals surface area contributed by atoms with Gasteiger partial charge in [-0.15, -0.1) is 0 Å². The Labute approximate surface area is 134 Å². The molecule has 0 unspecified atom stereocenters. The van der Waals surface area contributed by atoms with Gasteiger partial charge in [-0.3, -0.25) is 4.79 Å². The molecule has 6 nitrogen and oxygen atoms in total. The number of aromatic carboxylic acids is 1. The van der Waals surface area contributed by atoms with E-state index in [9.17, 15) is 9.59 Å². The molecular formula is C17H20N2O4. The molecule has 1 aromatic carbocycles. The summed E-state index contributed by atoms with van der Waals surface area (Å²) in [6.07, 6.45) is 1.77. The van der Waals surface area contributed by atoms with E-state index in [-0.39, 0.29) is 29.9 Å². The number of carboxylic acid groups (broad SMARTS) is 1. The summed E-state index contributed by atoms with van der Waals surface area (Å²) in [6.45, 7) is 6.26. The Bertz CT molecular complexity index is 713. The van der Waals surface area contributed by atoms with Gasteiger partial charge in [0, 0.05) is 5.41 Å². The van der Waals surface area contributed by atoms with Gasteiger partial charge in [-0.25, -0.2) is 9.78 Å². The van der Waals surface area contributed by atoms with Crippen molar-refractivity contribution in [2.24, 2.45) is 0 Å². The van der Waals surface area contributed by atoms with E-state index < -0.39 is 5.97 Å². The number of aromatic nitrogens is 1. The molecule has 0 aliphatic carbocycles. The summed E-state index contributed by atoms with van der Waals surface area (Å²) in [7, 11) is 0. The monoisotopic (exact) mass is 316 g/mol. The first kappa shape index (κ1) is 16.7. The molecule has 0 aliphatic rings. The van der Waals surface area contributed by atoms with Crippen LogP contribution in [-0.2, 0) is 23.2 Å². The zero-order valence-corrected chi connectivity index (χ0v) is 13.4. The van der Waals surface area contributed by atoms with Gasteiger partial charge in [-0.2, -0.15) is 0 Å². The Hall–Kier alpha value is -2.63. The van der Waals surface area contributed by atoms with Crippen molar-refractivity contribution in [2.45, 2.75) is 39.2 Å². The van der Waals surface area contributed by atoms with Gasteiger partial charge in [0.2, 0.25) is 11.8 Å². The second-order valence-corrected chi connectivity index (χ2v) is 6.33. The van der Waals surface area contributed by atoms with Gasteiger partial charge in [0.25, 0.3) is 0 Å². The molecule has 23 heavy (non-hydrogen) atoms. The standard InChI is InChI=1S/C17H20N2O4/c1-17(2,3)13-9-19-15(23-13)10-18-14(20)8-11-5-4-6-12(7-11)16(21)22/h4-7,9H,8,10H2,1-3H3,(H,18,20)(H,21,22). The Morgan fingerprint density at radius 2 is 2.04 bits per heavy atom. The molecule has 2 aromatic rings. The second-order valence-electron chi connectivity index (χ2n) is 6.33. The molecule has 1 aromatic heterocycles. The van der Waals surface area contributed by atoms with Crippen molar-refractivity contribution in [2.75, 3.05) is 0 Å². The van der Waals surface area contributed by atoms with Gasteiger partial charge in [0.1, 0.15) is 5.76 Å². The minimum atomic E-state index is -1.01. The molecule has 1 heterocycles. The highest BCUT2D eigenvalue weighted by atomic mass is 16.4. The van der Waals surface area contributed by atoms with Crippen molar-refractivity contribution in [1.29, 1.82) is 0 Å². The van der Waals surface area contributed by atoms with Crippen LogP contribution >= 0.6 is 0 Å². The van der Waals surface area contributed by atoms with E-state index in [1.807, 2.05) is 20.8 Å². The highest BCUT2D eigenvalue weighted by Crippen LogP contribution is 2.22. The van der Waals surface area contributed by atoms with Crippen molar-refractivity contribution in [1.82, 2.24) is 10.3 Å². The molecule has 0 spiro atoms. The van der Waals surface area contributed by atoms with Crippen molar-refractivity contribution < 1.29 is 19.1 Å². The fourth-order valence-electron chi connectivity index (χ4n) is 1.98. The maximum atomic E-state index is 11.9. The molecule has 2 N–H and O–H groups in total. The van der Waals surface area contributed by atoms with Crippen LogP contribution in [0.5, 0.6) is 0 Å². The van der Waals surface area contributed by atoms with Crippen LogP contribution in [0.2, 0.25) is 0 Å². The number of carbonyl (C=O) groups excluding carboxylic acids is 1. The smallest absolute Gasteiger partial charge is 0.335 e. The second kappa shape index (κ2) is 6.64. The zero-order valence-electron chi connectivity index (χ0n) is 13.4. The Morgan fingerprint density at radius 1 is 1.30 bits per heavy atom. The van der Waals surface area contributed by atoms with Crippen molar-refractivity contribution in [3.8, 4) is 0 Å². The third kappa shape index (κ3) is 4.67. The van der Waals surface area contributed by atoms with E-state index in [1.165, 1.54) is 12.1 Å². The summed E-state index contributed by atoms with van der Waals surface area (Å²) >= 11 is 0. The lowest BCUT2D eigenvalue weighted by molar-refractivity contribution is -0.120. The highest BCUT2D eigenvalue weighted by Gasteiger charge is 2.19. The normalized spacial score (nSPS) is 11.3. The van der Waals surface area contributed by atoms with Crippen molar-refractivity contribution in [3.63, 3.8) is 0 Å². The van der Waals surface area contributed by atoms with Gasteiger partial charge in [-0.1, -0.05) is 32.9 Å². The Kier molecular flexibility index (Phi) is 4.83. The fourth-order valence-corrected chi connectivity index (χ4v) is 1.98. The number of carboxylic acids is 1. The average molecular weight is 316 g/mol. The molecule has 0 atom stereocenters. The van der Waals surface area contributed by atoms with Crippen LogP contribution in [0.15, 0.2) is 34.9 Å². The van der Waals surface area contributed by atoms with Crippen LogP contribution in [0.3, 0.4) is 0 Å². The highest BCUT2D eigenvalue weighted by molar-refractivity contribution is 5.88. The maximum absolute atomic E-state index is 11.9. The number of carbonyl (C=O) groups is 2. The molecule has 0 saturated carbocycles. The van der Waals surface area contributed by atoms with Crippen LogP contribution in [0, 0.1) is 0 Å². The molecule has 2 rings (SSSR count). The molecule has 1 amide bonds. The van der Waals surface area contributed by atoms with E-state index in [0.717, 1.165) is 5.76 Å². The first-order valence-electron chi connectivity index (χ1n) is 7.30. The van der Waals surface area contributed by atoms with Gasteiger partial charge < -0.3 is 14.8 Å². The Morgan fingerprint density at radius 3 is 2.65 bits per heavy atom. The molecule has 122 valence electrons. The summed E-state index contributed by atoms with van der Waals surface area (Å²) in [4.78, 5) is 27.0. The number of nitrogens with one attached hydrogen (secondary N) is 1. The van der Waals surface area contributed by atoms with Gasteiger partial charge in [0.15, 0.2) is 0 Å². The third-order valence-electron chi connectivity index (χ3n) is 3.27. The van der Waals surface area contributed by atoms with Crippen LogP contribution in [0.4, 0.5) is 0 Å². The Balaban J connectivity index is 1.91. The van der Waals surface area contributed by atoms with Gasteiger partial charge >= 0.3 is 5.97 Å². The summed E-state index contributed by atoms with van der Waals surface area (Å²) in [5.41, 5.74) is 0.676. The number of oxazole rings is 1. The quantitative estimate of drug-likeness (QED) is 0.884. The molecule has 0 aliphatic heterocycles. The number of amides is 1. The predicted octanol–water partition coefficient (Wildman–Crippen LogP) is 2.53. The number of hydrogen-bond donors (Lipinski definition) is 2. The molecule has 0 saturated heterocycles. The first-order valence-corrected chi connectivity index (χ1v) is 7.30. The van der Waals surface area contributed by atoms with Crippen molar-refractivity contribution in [3.05, 3.63) is 53.2 Å². The van der Waals surface area contributed by atoms with Crippen LogP contribution in [0.1, 0.15) is 48.3 Å². The predicted molar refractivity (Wildman–Crippen MR) is 84.2 cm³/mol. The van der Waals surface area contributed by atoms with Crippen molar-refractivity contribution >= 4 is 11.9 Å². The fraction of sp³-hybridized carbons (Fsp3) is 0.353. The summed E-state index contributed by atoms with van der Waals surface area (Å²) in [5, 5.41) is 11.7. The van der Waals surface area contributed by atoms with E-state index in [0.29, 0.717) is 11.5 Å². The topological polar surface area (TPSA) is 92.4 Å². The minimum Gasteiger partial charge on any atom is -0.478 e. The van der Waals surface area contributed by atoms with E-state index in [1.54, 1.807) is 18.3 Å². The zero-order chi connectivity index (χ0) is 17.0. The lowest BCUT2D eigenvalue weighted by Crippen LogP contribution is -2.24. The van der Waals surface area contributed by atoms with Gasteiger partial charge in [-0.05, 0) is 17.7 Å². The van der Waals surface area contributed by atoms with Crippen LogP contribution < -0.4 is 5.32 Å². The largest absolute Gasteiger partial charge is 0.478 e. The lowest BCUT2D eigenvalue weighted by Gasteiger charge is -2.13. The number of nitrogens with zero attached hydrogens (tertiary/aromatic N) is 1. The maximum Gasteiger partial charge on any atom is 0.335 e. The number of benzene rings is 1. The van der Waals surface area contributed by atoms with Crippen LogP contribution in [-0.4, -0.2) is 22.0 Å². The SMILES string of the molecule is CC(C)(C)c1cnc(CNC(=O)Cc2cccc(C(=O)O)c2)o1. The molecule has 6 heteroatoms. The molecule has 0 radical (unpaired) electrons. The third-order valence-corrected chi connectivity index (χ3v) is 3.27. The number of hydrogen-bond acceptors (Lipinski definition) is 4. The van der Waals surface area contributed by atoms with E-state index in [2.05, 4.69) is 10.3 Å². The summed E-state index contributed by atoms with van der Waals surface area (Å²) in [6, 6.07) is 6.32. The summed E-state index contributed by atoms with van der Waals surface area (Å²) in [5.74, 6) is -0.0247. The summed E-state index contributed by atoms with van der Waals surface area (Å²) < 4.78 is 5.60. The molecule has 0 fully saturated rings. The van der Waals surface area contributed by atoms with Gasteiger partial charge in [0.05, 0.1) is 24.7 Å². The van der Waals surface area contributed by atoms with Crippen LogP contribution in [0.25, 0.3) is 0 Å². The average Bonchev–Trinajstić information content (AvgIpc) is 2.94.